The van der Waals surface area contributed by atoms with Gasteiger partial charge < -0.3 is 10.1 Å². The summed E-state index contributed by atoms with van der Waals surface area (Å²) in [6.07, 6.45) is 0. The first-order valence-corrected chi connectivity index (χ1v) is 7.98. The molecule has 0 atom stereocenters. The Labute approximate surface area is 133 Å². The zero-order chi connectivity index (χ0) is 14.5. The number of halogens is 2. The van der Waals surface area contributed by atoms with Crippen molar-refractivity contribution in [1.82, 2.24) is 5.32 Å². The van der Waals surface area contributed by atoms with Crippen LogP contribution in [0.25, 0.3) is 0 Å². The van der Waals surface area contributed by atoms with Crippen LogP contribution >= 0.6 is 34.5 Å². The molecule has 2 aromatic rings. The summed E-state index contributed by atoms with van der Waals surface area (Å²) in [5.41, 5.74) is 2.14. The standard InChI is InChI=1S/C15H17Cl2NOS/c1-10-7-12(16)8-11(2)15(10)19-6-5-18-9-13-3-4-14(17)20-13/h3-4,7-8,18H,5-6,9H2,1-2H3. The fourth-order valence-electron chi connectivity index (χ4n) is 2.01. The molecular weight excluding hydrogens is 313 g/mol. The fourth-order valence-corrected chi connectivity index (χ4v) is 3.39. The lowest BCUT2D eigenvalue weighted by atomic mass is 10.1. The highest BCUT2D eigenvalue weighted by Gasteiger charge is 2.05. The molecule has 0 saturated heterocycles. The molecule has 2 rings (SSSR count). The van der Waals surface area contributed by atoms with Gasteiger partial charge in [0.1, 0.15) is 12.4 Å². The third-order valence-electron chi connectivity index (χ3n) is 2.88. The molecule has 0 fully saturated rings. The summed E-state index contributed by atoms with van der Waals surface area (Å²) in [5, 5.41) is 4.09. The Bertz CT molecular complexity index is 560. The lowest BCUT2D eigenvalue weighted by Crippen LogP contribution is -2.20. The van der Waals surface area contributed by atoms with Crippen molar-refractivity contribution in [1.29, 1.82) is 0 Å². The van der Waals surface area contributed by atoms with Crippen molar-refractivity contribution in [2.45, 2.75) is 20.4 Å². The second-order valence-electron chi connectivity index (χ2n) is 4.60. The summed E-state index contributed by atoms with van der Waals surface area (Å²) in [4.78, 5) is 1.23. The van der Waals surface area contributed by atoms with Crippen LogP contribution in [0.5, 0.6) is 5.75 Å². The van der Waals surface area contributed by atoms with Crippen molar-refractivity contribution in [2.24, 2.45) is 0 Å². The van der Waals surface area contributed by atoms with Gasteiger partial charge in [-0.1, -0.05) is 23.2 Å². The van der Waals surface area contributed by atoms with Crippen molar-refractivity contribution >= 4 is 34.5 Å². The van der Waals surface area contributed by atoms with E-state index in [0.29, 0.717) is 6.61 Å². The number of nitrogens with one attached hydrogen (secondary N) is 1. The molecule has 0 spiro atoms. The van der Waals surface area contributed by atoms with Crippen LogP contribution in [0.2, 0.25) is 9.36 Å². The zero-order valence-corrected chi connectivity index (χ0v) is 13.8. The summed E-state index contributed by atoms with van der Waals surface area (Å²) >= 11 is 13.5. The number of hydrogen-bond acceptors (Lipinski definition) is 3. The number of rotatable bonds is 6. The van der Waals surface area contributed by atoms with Crippen LogP contribution in [0, 0.1) is 13.8 Å². The van der Waals surface area contributed by atoms with Crippen molar-refractivity contribution in [3.8, 4) is 5.75 Å². The van der Waals surface area contributed by atoms with Crippen molar-refractivity contribution in [3.05, 3.63) is 49.6 Å². The van der Waals surface area contributed by atoms with Gasteiger partial charge in [0, 0.05) is 23.0 Å². The molecule has 108 valence electrons. The molecule has 0 radical (unpaired) electrons. The predicted octanol–water partition coefficient (Wildman–Crippen LogP) is 4.84. The number of thiophene rings is 1. The van der Waals surface area contributed by atoms with E-state index in [4.69, 9.17) is 27.9 Å². The average Bonchev–Trinajstić information content (AvgIpc) is 2.77. The van der Waals surface area contributed by atoms with E-state index >= 15 is 0 Å². The molecule has 0 amide bonds. The number of benzene rings is 1. The van der Waals surface area contributed by atoms with Gasteiger partial charge in [0.15, 0.2) is 0 Å². The molecule has 0 saturated carbocycles. The Hall–Kier alpha value is -0.740. The maximum Gasteiger partial charge on any atom is 0.125 e. The smallest absolute Gasteiger partial charge is 0.125 e. The number of aryl methyl sites for hydroxylation is 2. The molecule has 0 unspecified atom stereocenters. The minimum Gasteiger partial charge on any atom is -0.492 e. The predicted molar refractivity (Wildman–Crippen MR) is 87.5 cm³/mol. The van der Waals surface area contributed by atoms with E-state index in [2.05, 4.69) is 5.32 Å². The second kappa shape index (κ2) is 7.32. The van der Waals surface area contributed by atoms with Gasteiger partial charge in [0.2, 0.25) is 0 Å². The molecule has 2 nitrogen and oxygen atoms in total. The van der Waals surface area contributed by atoms with Crippen LogP contribution in [-0.4, -0.2) is 13.2 Å². The normalized spacial score (nSPS) is 10.8. The topological polar surface area (TPSA) is 21.3 Å². The quantitative estimate of drug-likeness (QED) is 0.765. The van der Waals surface area contributed by atoms with E-state index in [-0.39, 0.29) is 0 Å². The SMILES string of the molecule is Cc1cc(Cl)cc(C)c1OCCNCc1ccc(Cl)s1. The van der Waals surface area contributed by atoms with E-state index in [9.17, 15) is 0 Å². The summed E-state index contributed by atoms with van der Waals surface area (Å²) in [7, 11) is 0. The molecule has 0 aliphatic heterocycles. The number of hydrogen-bond donors (Lipinski definition) is 1. The van der Waals surface area contributed by atoms with Gasteiger partial charge in [-0.3, -0.25) is 0 Å². The molecule has 1 N–H and O–H groups in total. The van der Waals surface area contributed by atoms with Gasteiger partial charge >= 0.3 is 0 Å². The van der Waals surface area contributed by atoms with E-state index < -0.39 is 0 Å². The van der Waals surface area contributed by atoms with Gasteiger partial charge in [-0.05, 0) is 49.2 Å². The van der Waals surface area contributed by atoms with Crippen LogP contribution in [0.4, 0.5) is 0 Å². The van der Waals surface area contributed by atoms with E-state index in [0.717, 1.165) is 39.3 Å². The molecule has 0 bridgehead atoms. The molecule has 0 aliphatic carbocycles. The lowest BCUT2D eigenvalue weighted by molar-refractivity contribution is 0.310. The Morgan fingerprint density at radius 2 is 1.85 bits per heavy atom. The van der Waals surface area contributed by atoms with Gasteiger partial charge in [-0.15, -0.1) is 11.3 Å². The van der Waals surface area contributed by atoms with Crippen LogP contribution in [-0.2, 0) is 6.54 Å². The molecule has 5 heteroatoms. The van der Waals surface area contributed by atoms with Gasteiger partial charge in [0.25, 0.3) is 0 Å². The number of ether oxygens (including phenoxy) is 1. The van der Waals surface area contributed by atoms with E-state index in [1.807, 2.05) is 38.1 Å². The first kappa shape index (κ1) is 15.6. The summed E-state index contributed by atoms with van der Waals surface area (Å²) in [6.45, 7) is 6.25. The van der Waals surface area contributed by atoms with E-state index in [1.54, 1.807) is 11.3 Å². The highest BCUT2D eigenvalue weighted by molar-refractivity contribution is 7.16. The van der Waals surface area contributed by atoms with Crippen molar-refractivity contribution in [2.75, 3.05) is 13.2 Å². The van der Waals surface area contributed by atoms with Gasteiger partial charge in [-0.25, -0.2) is 0 Å². The molecule has 1 heterocycles. The molecule has 1 aromatic carbocycles. The molecule has 20 heavy (non-hydrogen) atoms. The zero-order valence-electron chi connectivity index (χ0n) is 11.5. The minimum absolute atomic E-state index is 0.627. The van der Waals surface area contributed by atoms with Crippen molar-refractivity contribution < 1.29 is 4.74 Å². The van der Waals surface area contributed by atoms with Crippen LogP contribution < -0.4 is 10.1 Å². The maximum absolute atomic E-state index is 6.00. The highest BCUT2D eigenvalue weighted by Crippen LogP contribution is 2.26. The first-order chi connectivity index (χ1) is 9.56. The Balaban J connectivity index is 1.76. The lowest BCUT2D eigenvalue weighted by Gasteiger charge is -2.12. The van der Waals surface area contributed by atoms with Gasteiger partial charge in [0.05, 0.1) is 4.34 Å². The Morgan fingerprint density at radius 3 is 2.45 bits per heavy atom. The van der Waals surface area contributed by atoms with Crippen LogP contribution in [0.3, 0.4) is 0 Å². The summed E-state index contributed by atoms with van der Waals surface area (Å²) in [6, 6.07) is 7.80. The fraction of sp³-hybridized carbons (Fsp3) is 0.333. The van der Waals surface area contributed by atoms with E-state index in [1.165, 1.54) is 4.88 Å². The van der Waals surface area contributed by atoms with Crippen LogP contribution in [0.1, 0.15) is 16.0 Å². The van der Waals surface area contributed by atoms with Gasteiger partial charge in [-0.2, -0.15) is 0 Å². The highest BCUT2D eigenvalue weighted by atomic mass is 35.5. The summed E-state index contributed by atoms with van der Waals surface area (Å²) < 4.78 is 6.65. The maximum atomic E-state index is 6.00. The second-order valence-corrected chi connectivity index (χ2v) is 6.84. The largest absolute Gasteiger partial charge is 0.492 e. The monoisotopic (exact) mass is 329 g/mol. The Morgan fingerprint density at radius 1 is 1.15 bits per heavy atom. The van der Waals surface area contributed by atoms with Crippen LogP contribution in [0.15, 0.2) is 24.3 Å². The average molecular weight is 330 g/mol. The van der Waals surface area contributed by atoms with Crippen molar-refractivity contribution in [3.63, 3.8) is 0 Å². The molecule has 1 aromatic heterocycles. The third kappa shape index (κ3) is 4.38. The summed E-state index contributed by atoms with van der Waals surface area (Å²) in [5.74, 6) is 0.926. The first-order valence-electron chi connectivity index (χ1n) is 6.41. The third-order valence-corrected chi connectivity index (χ3v) is 4.33. The minimum atomic E-state index is 0.627. The molecule has 0 aliphatic rings. The Kier molecular flexibility index (Phi) is 5.73. The molecular formula is C15H17Cl2NOS.